The fraction of sp³-hybridized carbons (Fsp3) is 0.333. The van der Waals surface area contributed by atoms with Crippen LogP contribution in [0.2, 0.25) is 0 Å². The van der Waals surface area contributed by atoms with Gasteiger partial charge < -0.3 is 9.40 Å². The summed E-state index contributed by atoms with van der Waals surface area (Å²) >= 11 is 0. The van der Waals surface area contributed by atoms with Crippen molar-refractivity contribution in [2.24, 2.45) is 0 Å². The summed E-state index contributed by atoms with van der Waals surface area (Å²) in [6.45, 7) is 9.09. The molecule has 1 N–H and O–H groups in total. The van der Waals surface area contributed by atoms with E-state index in [-0.39, 0.29) is 11.4 Å². The predicted molar refractivity (Wildman–Crippen MR) is 148 cm³/mol. The van der Waals surface area contributed by atoms with Gasteiger partial charge in [-0.05, 0) is 96.1 Å². The lowest BCUT2D eigenvalue weighted by Crippen LogP contribution is -2.38. The van der Waals surface area contributed by atoms with E-state index >= 15 is 0 Å². The quantitative estimate of drug-likeness (QED) is 0.248. The Kier molecular flexibility index (Phi) is 7.43. The zero-order valence-electron chi connectivity index (χ0n) is 22.7. The molecule has 3 aromatic heterocycles. The second-order valence-electron chi connectivity index (χ2n) is 10.5. The highest BCUT2D eigenvalue weighted by Gasteiger charge is 2.35. The minimum atomic E-state index is -0.626. The van der Waals surface area contributed by atoms with Gasteiger partial charge in [-0.2, -0.15) is 0 Å². The third kappa shape index (κ3) is 5.54. The van der Waals surface area contributed by atoms with Gasteiger partial charge in [-0.25, -0.2) is 9.07 Å². The summed E-state index contributed by atoms with van der Waals surface area (Å²) in [5.74, 6) is 0.965. The summed E-state index contributed by atoms with van der Waals surface area (Å²) < 4.78 is 21.3. The number of hydrogen-bond donors (Lipinski definition) is 1. The highest BCUT2D eigenvalue weighted by atomic mass is 19.1. The third-order valence-corrected chi connectivity index (χ3v) is 7.42. The molecule has 0 spiro atoms. The SMILES string of the molecule is CCc1ccc2[nH]c(=O)c([C@@H](c3nnnn3C(C)(C)CC)N(Cc3ccc(F)cc3)Cc3ccco3)cc2c1. The highest BCUT2D eigenvalue weighted by molar-refractivity contribution is 5.80. The maximum atomic E-state index is 13.8. The van der Waals surface area contributed by atoms with Gasteiger partial charge in [0.2, 0.25) is 0 Å². The van der Waals surface area contributed by atoms with Gasteiger partial charge in [0, 0.05) is 17.6 Å². The Bertz CT molecular complexity index is 1610. The van der Waals surface area contributed by atoms with E-state index < -0.39 is 11.6 Å². The molecule has 5 rings (SSSR count). The Balaban J connectivity index is 1.73. The lowest BCUT2D eigenvalue weighted by atomic mass is 9.98. The number of benzene rings is 2. The Hall–Kier alpha value is -4.11. The molecule has 2 aromatic carbocycles. The van der Waals surface area contributed by atoms with Crippen molar-refractivity contribution in [2.75, 3.05) is 0 Å². The number of fused-ring (bicyclic) bond motifs is 1. The van der Waals surface area contributed by atoms with Crippen LogP contribution in [-0.2, 0) is 25.0 Å². The van der Waals surface area contributed by atoms with E-state index in [1.165, 1.54) is 17.7 Å². The number of halogens is 1. The fourth-order valence-electron chi connectivity index (χ4n) is 4.81. The summed E-state index contributed by atoms with van der Waals surface area (Å²) in [5.41, 5.74) is 2.73. The molecule has 5 aromatic rings. The van der Waals surface area contributed by atoms with E-state index in [0.717, 1.165) is 35.1 Å². The average molecular weight is 529 g/mol. The van der Waals surface area contributed by atoms with Crippen LogP contribution in [0, 0.1) is 5.82 Å². The number of rotatable bonds is 10. The lowest BCUT2D eigenvalue weighted by molar-refractivity contribution is 0.168. The van der Waals surface area contributed by atoms with Gasteiger partial charge in [0.25, 0.3) is 5.56 Å². The van der Waals surface area contributed by atoms with E-state index in [1.807, 2.05) is 35.0 Å². The minimum absolute atomic E-state index is 0.218. The van der Waals surface area contributed by atoms with Gasteiger partial charge >= 0.3 is 0 Å². The number of nitrogens with zero attached hydrogens (tertiary/aromatic N) is 5. The standard InChI is InChI=1S/C30H33FN6O2/c1-5-20-11-14-26-22(16-20)17-25(29(38)32-26)27(28-33-34-35-37(28)30(3,4)6-2)36(19-24-8-7-15-39-24)18-21-9-12-23(31)13-10-21/h7-17,27H,5-6,18-19H2,1-4H3,(H,32,38)/t27-/m0/s1. The summed E-state index contributed by atoms with van der Waals surface area (Å²) in [4.78, 5) is 18.9. The Labute approximate surface area is 226 Å². The molecule has 9 heteroatoms. The highest BCUT2D eigenvalue weighted by Crippen LogP contribution is 2.33. The van der Waals surface area contributed by atoms with Crippen LogP contribution in [0.4, 0.5) is 4.39 Å². The molecule has 0 aliphatic heterocycles. The number of hydrogen-bond acceptors (Lipinski definition) is 6. The zero-order chi connectivity index (χ0) is 27.6. The first kappa shape index (κ1) is 26.5. The number of aryl methyl sites for hydroxylation is 1. The molecule has 202 valence electrons. The van der Waals surface area contributed by atoms with Gasteiger partial charge in [0.15, 0.2) is 5.82 Å². The molecule has 1 atom stereocenters. The Morgan fingerprint density at radius 2 is 1.82 bits per heavy atom. The molecule has 0 amide bonds. The van der Waals surface area contributed by atoms with Crippen molar-refractivity contribution in [3.05, 3.63) is 111 Å². The first-order valence-electron chi connectivity index (χ1n) is 13.2. The molecule has 0 saturated carbocycles. The maximum Gasteiger partial charge on any atom is 0.253 e. The van der Waals surface area contributed by atoms with Crippen LogP contribution in [0.15, 0.2) is 76.1 Å². The molecule has 0 aliphatic rings. The molecule has 0 saturated heterocycles. The summed E-state index contributed by atoms with van der Waals surface area (Å²) in [7, 11) is 0. The molecule has 0 radical (unpaired) electrons. The van der Waals surface area contributed by atoms with Crippen LogP contribution in [0.5, 0.6) is 0 Å². The van der Waals surface area contributed by atoms with Gasteiger partial charge in [-0.1, -0.05) is 32.0 Å². The second kappa shape index (κ2) is 10.9. The van der Waals surface area contributed by atoms with Gasteiger partial charge in [0.05, 0.1) is 18.3 Å². The van der Waals surface area contributed by atoms with Crippen molar-refractivity contribution in [3.8, 4) is 0 Å². The topological polar surface area (TPSA) is 92.8 Å². The van der Waals surface area contributed by atoms with Crippen LogP contribution in [-0.4, -0.2) is 30.1 Å². The van der Waals surface area contributed by atoms with Crippen molar-refractivity contribution in [1.82, 2.24) is 30.1 Å². The van der Waals surface area contributed by atoms with Crippen molar-refractivity contribution in [3.63, 3.8) is 0 Å². The molecular formula is C30H33FN6O2. The van der Waals surface area contributed by atoms with Crippen molar-refractivity contribution < 1.29 is 8.81 Å². The molecule has 0 bridgehead atoms. The molecule has 0 fully saturated rings. The van der Waals surface area contributed by atoms with Crippen LogP contribution < -0.4 is 5.56 Å². The summed E-state index contributed by atoms with van der Waals surface area (Å²) in [6, 6.07) is 17.5. The van der Waals surface area contributed by atoms with E-state index in [9.17, 15) is 9.18 Å². The van der Waals surface area contributed by atoms with Crippen molar-refractivity contribution in [1.29, 1.82) is 0 Å². The van der Waals surface area contributed by atoms with Crippen LogP contribution in [0.3, 0.4) is 0 Å². The Morgan fingerprint density at radius 3 is 2.51 bits per heavy atom. The van der Waals surface area contributed by atoms with Crippen molar-refractivity contribution >= 4 is 10.9 Å². The normalized spacial score (nSPS) is 12.9. The second-order valence-corrected chi connectivity index (χ2v) is 10.5. The fourth-order valence-corrected chi connectivity index (χ4v) is 4.81. The van der Waals surface area contributed by atoms with Crippen LogP contribution >= 0.6 is 0 Å². The molecular weight excluding hydrogens is 495 g/mol. The maximum absolute atomic E-state index is 13.8. The van der Waals surface area contributed by atoms with Gasteiger partial charge in [-0.3, -0.25) is 9.69 Å². The lowest BCUT2D eigenvalue weighted by Gasteiger charge is -2.33. The molecule has 0 unspecified atom stereocenters. The number of furan rings is 1. The first-order chi connectivity index (χ1) is 18.8. The first-order valence-corrected chi connectivity index (χ1v) is 13.2. The number of aromatic nitrogens is 5. The largest absolute Gasteiger partial charge is 0.468 e. The number of tetrazole rings is 1. The molecule has 8 nitrogen and oxygen atoms in total. The molecule has 0 aliphatic carbocycles. The molecule has 3 heterocycles. The van der Waals surface area contributed by atoms with Crippen LogP contribution in [0.25, 0.3) is 10.9 Å². The number of aromatic amines is 1. The number of nitrogens with one attached hydrogen (secondary N) is 1. The average Bonchev–Trinajstić information content (AvgIpc) is 3.63. The number of H-pyrrole nitrogens is 1. The number of pyridine rings is 1. The van der Waals surface area contributed by atoms with E-state index in [1.54, 1.807) is 18.4 Å². The molecule has 39 heavy (non-hydrogen) atoms. The smallest absolute Gasteiger partial charge is 0.253 e. The monoisotopic (exact) mass is 528 g/mol. The van der Waals surface area contributed by atoms with E-state index in [2.05, 4.69) is 59.2 Å². The zero-order valence-corrected chi connectivity index (χ0v) is 22.7. The summed E-state index contributed by atoms with van der Waals surface area (Å²) in [6.07, 6.45) is 3.29. The van der Waals surface area contributed by atoms with Crippen molar-refractivity contribution in [2.45, 2.75) is 65.2 Å². The van der Waals surface area contributed by atoms with Gasteiger partial charge in [0.1, 0.15) is 17.6 Å². The Morgan fingerprint density at radius 1 is 1.05 bits per heavy atom. The third-order valence-electron chi connectivity index (χ3n) is 7.42. The predicted octanol–water partition coefficient (Wildman–Crippen LogP) is 5.75. The summed E-state index contributed by atoms with van der Waals surface area (Å²) in [5, 5.41) is 13.8. The van der Waals surface area contributed by atoms with E-state index in [4.69, 9.17) is 4.42 Å². The van der Waals surface area contributed by atoms with E-state index in [0.29, 0.717) is 24.5 Å². The minimum Gasteiger partial charge on any atom is -0.468 e. The van der Waals surface area contributed by atoms with Crippen LogP contribution in [0.1, 0.15) is 68.4 Å². The van der Waals surface area contributed by atoms with Gasteiger partial charge in [-0.15, -0.1) is 5.10 Å².